The van der Waals surface area contributed by atoms with Crippen LogP contribution in [-0.4, -0.2) is 46.4 Å². The van der Waals surface area contributed by atoms with E-state index in [0.29, 0.717) is 17.5 Å². The number of carbonyl (C=O) groups excluding carboxylic acids is 3. The molecule has 0 aromatic heterocycles. The second-order valence-electron chi connectivity index (χ2n) is 12.0. The van der Waals surface area contributed by atoms with Crippen molar-refractivity contribution in [2.24, 2.45) is 23.7 Å². The molecule has 3 amide bonds. The minimum atomic E-state index is -1.28. The molecule has 3 aliphatic heterocycles. The number of halogens is 2. The summed E-state index contributed by atoms with van der Waals surface area (Å²) in [6.45, 7) is 6.28. The minimum Gasteiger partial charge on any atom is -0.359 e. The quantitative estimate of drug-likeness (QED) is 0.457. The Hall–Kier alpha value is -3.23. The average molecular weight is 580 g/mol. The first-order chi connectivity index (χ1) is 19.6. The highest BCUT2D eigenvalue weighted by Gasteiger charge is 2.73. The Balaban J connectivity index is 1.35. The molecule has 7 nitrogen and oxygen atoms in total. The van der Waals surface area contributed by atoms with E-state index >= 15 is 0 Å². The second-order valence-corrected chi connectivity index (χ2v) is 12.4. The summed E-state index contributed by atoms with van der Waals surface area (Å²) in [6.07, 6.45) is 5.97. The normalized spacial score (nSPS) is 34.4. The number of fused-ring (bicyclic) bond motifs is 1. The molecule has 9 atom stereocenters. The SMILES string of the molecule is C[C@@H]1[C@H](C)CCC[C@@H]1NC(=O)[C@@H]1N([C@H](C)c2ccccc2)C(=O)[C@H]2[C@@H](C(=O)Nc3ccc(F)c(Cl)c3)[C@H]3C=C[C@@]12O3. The molecule has 3 fully saturated rings. The number of amides is 3. The fourth-order valence-electron chi connectivity index (χ4n) is 7.36. The summed E-state index contributed by atoms with van der Waals surface area (Å²) < 4.78 is 20.2. The van der Waals surface area contributed by atoms with Gasteiger partial charge in [0.1, 0.15) is 17.5 Å². The zero-order valence-corrected chi connectivity index (χ0v) is 24.1. The molecule has 2 aromatic carbocycles. The van der Waals surface area contributed by atoms with Crippen LogP contribution in [0.4, 0.5) is 10.1 Å². The van der Waals surface area contributed by atoms with Crippen LogP contribution in [0.15, 0.2) is 60.7 Å². The Morgan fingerprint density at radius 3 is 2.61 bits per heavy atom. The summed E-state index contributed by atoms with van der Waals surface area (Å²) >= 11 is 5.93. The van der Waals surface area contributed by atoms with Gasteiger partial charge in [-0.2, -0.15) is 0 Å². The van der Waals surface area contributed by atoms with Gasteiger partial charge in [0, 0.05) is 11.7 Å². The van der Waals surface area contributed by atoms with E-state index in [9.17, 15) is 18.8 Å². The molecule has 0 radical (unpaired) electrons. The number of ether oxygens (including phenoxy) is 1. The number of hydrogen-bond acceptors (Lipinski definition) is 4. The molecule has 4 aliphatic rings. The summed E-state index contributed by atoms with van der Waals surface area (Å²) in [6, 6.07) is 12.1. The third-order valence-corrected chi connectivity index (χ3v) is 10.1. The van der Waals surface area contributed by atoms with Crippen LogP contribution in [0.1, 0.15) is 51.6 Å². The molecule has 3 heterocycles. The largest absolute Gasteiger partial charge is 0.359 e. The first kappa shape index (κ1) is 27.9. The molecular formula is C32H35ClFN3O4. The number of nitrogens with zero attached hydrogens (tertiary/aromatic N) is 1. The van der Waals surface area contributed by atoms with Crippen molar-refractivity contribution in [3.63, 3.8) is 0 Å². The molecule has 2 N–H and O–H groups in total. The lowest BCUT2D eigenvalue weighted by atomic mass is 9.73. The van der Waals surface area contributed by atoms with Crippen LogP contribution in [0.2, 0.25) is 5.02 Å². The Morgan fingerprint density at radius 1 is 1.12 bits per heavy atom. The maximum atomic E-state index is 14.4. The number of anilines is 1. The van der Waals surface area contributed by atoms with Gasteiger partial charge in [0.25, 0.3) is 0 Å². The second kappa shape index (κ2) is 10.6. The summed E-state index contributed by atoms with van der Waals surface area (Å²) in [7, 11) is 0. The monoisotopic (exact) mass is 579 g/mol. The Bertz CT molecular complexity index is 1400. The summed E-state index contributed by atoms with van der Waals surface area (Å²) in [4.78, 5) is 43.9. The van der Waals surface area contributed by atoms with Gasteiger partial charge in [-0.1, -0.05) is 80.8 Å². The maximum Gasteiger partial charge on any atom is 0.246 e. The fraction of sp³-hybridized carbons (Fsp3) is 0.469. The van der Waals surface area contributed by atoms with E-state index < -0.39 is 47.3 Å². The minimum absolute atomic E-state index is 0.00409. The van der Waals surface area contributed by atoms with Crippen molar-refractivity contribution >= 4 is 35.0 Å². The van der Waals surface area contributed by atoms with E-state index in [1.54, 1.807) is 11.0 Å². The number of hydrogen-bond donors (Lipinski definition) is 2. The van der Waals surface area contributed by atoms with Crippen molar-refractivity contribution in [2.45, 2.75) is 69.9 Å². The van der Waals surface area contributed by atoms with Gasteiger partial charge < -0.3 is 20.3 Å². The van der Waals surface area contributed by atoms with Crippen LogP contribution >= 0.6 is 11.6 Å². The Kier molecular flexibility index (Phi) is 7.19. The van der Waals surface area contributed by atoms with E-state index in [4.69, 9.17) is 16.3 Å². The summed E-state index contributed by atoms with van der Waals surface area (Å²) in [5, 5.41) is 5.95. The van der Waals surface area contributed by atoms with Crippen LogP contribution in [0.25, 0.3) is 0 Å². The Morgan fingerprint density at radius 2 is 1.88 bits per heavy atom. The van der Waals surface area contributed by atoms with Gasteiger partial charge in [-0.05, 0) is 48.9 Å². The van der Waals surface area contributed by atoms with Crippen molar-refractivity contribution in [2.75, 3.05) is 5.32 Å². The molecule has 1 saturated carbocycles. The van der Waals surface area contributed by atoms with Gasteiger partial charge in [0.15, 0.2) is 0 Å². The smallest absolute Gasteiger partial charge is 0.246 e. The predicted octanol–water partition coefficient (Wildman–Crippen LogP) is 5.27. The van der Waals surface area contributed by atoms with E-state index in [-0.39, 0.29) is 22.9 Å². The van der Waals surface area contributed by atoms with Gasteiger partial charge >= 0.3 is 0 Å². The zero-order chi connectivity index (χ0) is 29.1. The summed E-state index contributed by atoms with van der Waals surface area (Å²) in [5.74, 6) is -2.56. The zero-order valence-electron chi connectivity index (χ0n) is 23.3. The van der Waals surface area contributed by atoms with Gasteiger partial charge in [-0.25, -0.2) is 4.39 Å². The highest BCUT2D eigenvalue weighted by Crippen LogP contribution is 2.57. The van der Waals surface area contributed by atoms with E-state index in [0.717, 1.165) is 24.8 Å². The van der Waals surface area contributed by atoms with E-state index in [2.05, 4.69) is 24.5 Å². The average Bonchev–Trinajstić information content (AvgIpc) is 3.60. The number of nitrogens with one attached hydrogen (secondary N) is 2. The van der Waals surface area contributed by atoms with Gasteiger partial charge in [0.05, 0.1) is 29.0 Å². The number of carbonyl (C=O) groups is 3. The first-order valence-electron chi connectivity index (χ1n) is 14.4. The molecule has 2 aromatic rings. The van der Waals surface area contributed by atoms with Crippen LogP contribution in [0, 0.1) is 29.5 Å². The predicted molar refractivity (Wildman–Crippen MR) is 153 cm³/mol. The molecule has 0 unspecified atom stereocenters. The van der Waals surface area contributed by atoms with Crippen LogP contribution in [-0.2, 0) is 19.1 Å². The van der Waals surface area contributed by atoms with E-state index in [1.807, 2.05) is 43.3 Å². The van der Waals surface area contributed by atoms with Crippen molar-refractivity contribution in [3.8, 4) is 0 Å². The molecule has 1 spiro atoms. The molecule has 216 valence electrons. The van der Waals surface area contributed by atoms with Gasteiger partial charge in [-0.15, -0.1) is 0 Å². The lowest BCUT2D eigenvalue weighted by molar-refractivity contribution is -0.144. The maximum absolute atomic E-state index is 14.4. The fourth-order valence-corrected chi connectivity index (χ4v) is 7.54. The Labute approximate surface area is 244 Å². The van der Waals surface area contributed by atoms with Crippen molar-refractivity contribution < 1.29 is 23.5 Å². The molecule has 9 heteroatoms. The molecule has 1 aliphatic carbocycles. The molecule has 2 saturated heterocycles. The third-order valence-electron chi connectivity index (χ3n) is 9.78. The highest BCUT2D eigenvalue weighted by atomic mass is 35.5. The van der Waals surface area contributed by atoms with E-state index in [1.165, 1.54) is 18.2 Å². The lowest BCUT2D eigenvalue weighted by Crippen LogP contribution is -2.58. The van der Waals surface area contributed by atoms with Gasteiger partial charge in [-0.3, -0.25) is 14.4 Å². The first-order valence-corrected chi connectivity index (χ1v) is 14.8. The molecule has 6 rings (SSSR count). The lowest BCUT2D eigenvalue weighted by Gasteiger charge is -2.39. The molecule has 41 heavy (non-hydrogen) atoms. The molecular weight excluding hydrogens is 545 g/mol. The topological polar surface area (TPSA) is 87.7 Å². The third kappa shape index (κ3) is 4.56. The number of likely N-dealkylation sites (tertiary alicyclic amines) is 1. The number of benzene rings is 2. The van der Waals surface area contributed by atoms with Crippen molar-refractivity contribution in [1.82, 2.24) is 10.2 Å². The highest BCUT2D eigenvalue weighted by molar-refractivity contribution is 6.31. The van der Waals surface area contributed by atoms with Crippen LogP contribution in [0.3, 0.4) is 0 Å². The van der Waals surface area contributed by atoms with Crippen molar-refractivity contribution in [1.29, 1.82) is 0 Å². The van der Waals surface area contributed by atoms with Gasteiger partial charge in [0.2, 0.25) is 17.7 Å². The number of rotatable bonds is 6. The summed E-state index contributed by atoms with van der Waals surface area (Å²) in [5.41, 5.74) is -0.0760. The van der Waals surface area contributed by atoms with Crippen LogP contribution < -0.4 is 10.6 Å². The van der Waals surface area contributed by atoms with Crippen molar-refractivity contribution in [3.05, 3.63) is 77.1 Å². The van der Waals surface area contributed by atoms with Crippen LogP contribution in [0.5, 0.6) is 0 Å². The standard InChI is InChI=1S/C32H35ClFN3O4/c1-17-8-7-11-24(18(17)2)36-30(39)28-32-15-14-25(41-32)26(29(38)35-21-12-13-23(34)22(33)16-21)27(32)31(40)37(28)19(3)20-9-5-4-6-10-20/h4-6,9-10,12-19,24-28H,7-8,11H2,1-3H3,(H,35,38)(H,36,39)/t17-,18-,19-,24+,25-,26+,27-,28+,32+/m1/s1. The molecule has 2 bridgehead atoms.